The topological polar surface area (TPSA) is 29.1 Å². The Morgan fingerprint density at radius 1 is 1.00 bits per heavy atom. The molecule has 3 atom stereocenters. The molecule has 0 bridgehead atoms. The highest BCUT2D eigenvalue weighted by atomic mass is 16.2. The van der Waals surface area contributed by atoms with E-state index in [0.29, 0.717) is 11.8 Å². The summed E-state index contributed by atoms with van der Waals surface area (Å²) < 4.78 is 0. The maximum atomic E-state index is 12.0. The zero-order chi connectivity index (χ0) is 12.8. The van der Waals surface area contributed by atoms with Gasteiger partial charge >= 0.3 is 0 Å². The molecule has 1 N–H and O–H groups in total. The van der Waals surface area contributed by atoms with E-state index < -0.39 is 0 Å². The largest absolute Gasteiger partial charge is 0.356 e. The van der Waals surface area contributed by atoms with Crippen molar-refractivity contribution in [2.24, 2.45) is 17.8 Å². The number of nitrogens with one attached hydrogen (secondary N) is 1. The highest BCUT2D eigenvalue weighted by molar-refractivity contribution is 5.82. The molecule has 0 aromatic carbocycles. The summed E-state index contributed by atoms with van der Waals surface area (Å²) in [6.45, 7) is 3.15. The van der Waals surface area contributed by atoms with Crippen molar-refractivity contribution in [1.82, 2.24) is 5.32 Å². The molecule has 2 saturated carbocycles. The molecule has 0 spiro atoms. The molecule has 2 aliphatic carbocycles. The molecule has 0 aromatic heterocycles. The number of hydrogen-bond acceptors (Lipinski definition) is 1. The molecule has 18 heavy (non-hydrogen) atoms. The molecule has 2 aliphatic rings. The summed E-state index contributed by atoms with van der Waals surface area (Å²) in [6.07, 6.45) is 13.1. The maximum Gasteiger partial charge on any atom is 0.223 e. The summed E-state index contributed by atoms with van der Waals surface area (Å²) in [5, 5.41) is 3.15. The van der Waals surface area contributed by atoms with Crippen LogP contribution in [0, 0.1) is 17.8 Å². The minimum Gasteiger partial charge on any atom is -0.356 e. The van der Waals surface area contributed by atoms with Gasteiger partial charge in [0.2, 0.25) is 5.91 Å². The van der Waals surface area contributed by atoms with Gasteiger partial charge in [-0.1, -0.05) is 51.9 Å². The van der Waals surface area contributed by atoms with Gasteiger partial charge in [-0.2, -0.15) is 0 Å². The summed E-state index contributed by atoms with van der Waals surface area (Å²) in [5.74, 6) is 2.26. The van der Waals surface area contributed by atoms with Crippen LogP contribution in [0.3, 0.4) is 0 Å². The van der Waals surface area contributed by atoms with Crippen LogP contribution in [-0.4, -0.2) is 12.5 Å². The van der Waals surface area contributed by atoms with Crippen molar-refractivity contribution in [3.63, 3.8) is 0 Å². The lowest BCUT2D eigenvalue weighted by atomic mass is 10.0. The Hall–Kier alpha value is -0.530. The first kappa shape index (κ1) is 13.9. The van der Waals surface area contributed by atoms with E-state index in [1.807, 2.05) is 0 Å². The van der Waals surface area contributed by atoms with E-state index in [-0.39, 0.29) is 0 Å². The minimum atomic E-state index is 0.362. The molecule has 0 heterocycles. The fourth-order valence-electron chi connectivity index (χ4n) is 3.62. The van der Waals surface area contributed by atoms with Crippen LogP contribution in [0.5, 0.6) is 0 Å². The Kier molecular flexibility index (Phi) is 5.52. The number of amides is 1. The molecule has 2 heteroatoms. The summed E-state index contributed by atoms with van der Waals surface area (Å²) >= 11 is 0. The van der Waals surface area contributed by atoms with E-state index in [4.69, 9.17) is 0 Å². The fraction of sp³-hybridized carbons (Fsp3) is 0.938. The smallest absolute Gasteiger partial charge is 0.223 e. The zero-order valence-electron chi connectivity index (χ0n) is 11.9. The van der Waals surface area contributed by atoms with Gasteiger partial charge in [0.05, 0.1) is 0 Å². The van der Waals surface area contributed by atoms with Crippen LogP contribution in [0.1, 0.15) is 71.1 Å². The van der Waals surface area contributed by atoms with Gasteiger partial charge in [-0.3, -0.25) is 4.79 Å². The molecule has 1 amide bonds. The lowest BCUT2D eigenvalue weighted by Crippen LogP contribution is -2.27. The Labute approximate surface area is 112 Å². The van der Waals surface area contributed by atoms with E-state index in [2.05, 4.69) is 12.2 Å². The van der Waals surface area contributed by atoms with Crippen LogP contribution >= 0.6 is 0 Å². The Bertz CT molecular complexity index is 252. The monoisotopic (exact) mass is 251 g/mol. The van der Waals surface area contributed by atoms with Crippen molar-refractivity contribution in [1.29, 1.82) is 0 Å². The zero-order valence-corrected chi connectivity index (χ0v) is 11.9. The Balaban J connectivity index is 1.48. The van der Waals surface area contributed by atoms with Gasteiger partial charge in [0.1, 0.15) is 0 Å². The molecule has 104 valence electrons. The summed E-state index contributed by atoms with van der Waals surface area (Å²) in [4.78, 5) is 12.0. The Morgan fingerprint density at radius 3 is 2.28 bits per heavy atom. The van der Waals surface area contributed by atoms with E-state index in [1.54, 1.807) is 0 Å². The van der Waals surface area contributed by atoms with E-state index in [9.17, 15) is 4.79 Å². The van der Waals surface area contributed by atoms with Crippen molar-refractivity contribution in [3.8, 4) is 0 Å². The molecule has 2 fully saturated rings. The number of rotatable bonds is 8. The standard InChI is InChI=1S/C16H29NO/c1-2-3-4-5-6-9-12-17-16(18)15-13-10-7-8-11-14(13)15/h13-15H,2-12H2,1H3,(H,17,18)/t13-,14+,15?. The second-order valence-corrected chi connectivity index (χ2v) is 6.20. The Morgan fingerprint density at radius 2 is 1.61 bits per heavy atom. The number of carbonyl (C=O) groups excluding carboxylic acids is 1. The number of fused-ring (bicyclic) bond motifs is 1. The number of unbranched alkanes of at least 4 members (excludes halogenated alkanes) is 5. The van der Waals surface area contributed by atoms with Gasteiger partial charge in [0.25, 0.3) is 0 Å². The summed E-state index contributed by atoms with van der Waals surface area (Å²) in [7, 11) is 0. The van der Waals surface area contributed by atoms with E-state index >= 15 is 0 Å². The van der Waals surface area contributed by atoms with Crippen LogP contribution in [0.15, 0.2) is 0 Å². The third kappa shape index (κ3) is 3.73. The first-order chi connectivity index (χ1) is 8.84. The third-order valence-corrected chi connectivity index (χ3v) is 4.79. The first-order valence-electron chi connectivity index (χ1n) is 8.12. The molecule has 2 rings (SSSR count). The average molecular weight is 251 g/mol. The van der Waals surface area contributed by atoms with Crippen LogP contribution in [0.4, 0.5) is 0 Å². The second kappa shape index (κ2) is 7.16. The van der Waals surface area contributed by atoms with Gasteiger partial charge in [-0.05, 0) is 31.1 Å². The van der Waals surface area contributed by atoms with Crippen LogP contribution in [-0.2, 0) is 4.79 Å². The summed E-state index contributed by atoms with van der Waals surface area (Å²) in [5.41, 5.74) is 0. The van der Waals surface area contributed by atoms with Crippen LogP contribution in [0.25, 0.3) is 0 Å². The summed E-state index contributed by atoms with van der Waals surface area (Å²) in [6, 6.07) is 0. The van der Waals surface area contributed by atoms with Crippen LogP contribution < -0.4 is 5.32 Å². The third-order valence-electron chi connectivity index (χ3n) is 4.79. The normalized spacial score (nSPS) is 29.7. The number of hydrogen-bond donors (Lipinski definition) is 1. The molecule has 0 aromatic rings. The SMILES string of the molecule is CCCCCCCCNC(=O)C1[C@H]2CCCC[C@@H]12. The predicted octanol–water partition coefficient (Wildman–Crippen LogP) is 3.90. The molecule has 0 radical (unpaired) electrons. The van der Waals surface area contributed by atoms with Gasteiger partial charge in [-0.25, -0.2) is 0 Å². The highest BCUT2D eigenvalue weighted by Gasteiger charge is 2.54. The van der Waals surface area contributed by atoms with Crippen molar-refractivity contribution in [2.45, 2.75) is 71.1 Å². The number of carbonyl (C=O) groups is 1. The van der Waals surface area contributed by atoms with Crippen molar-refractivity contribution in [3.05, 3.63) is 0 Å². The van der Waals surface area contributed by atoms with E-state index in [0.717, 1.165) is 24.8 Å². The predicted molar refractivity (Wildman–Crippen MR) is 75.3 cm³/mol. The van der Waals surface area contributed by atoms with Gasteiger partial charge in [0.15, 0.2) is 0 Å². The fourth-order valence-corrected chi connectivity index (χ4v) is 3.62. The van der Waals surface area contributed by atoms with Crippen molar-refractivity contribution in [2.75, 3.05) is 6.54 Å². The minimum absolute atomic E-state index is 0.362. The molecule has 0 aliphatic heterocycles. The molecule has 1 unspecified atom stereocenters. The molecular weight excluding hydrogens is 222 g/mol. The highest BCUT2D eigenvalue weighted by Crippen LogP contribution is 2.55. The van der Waals surface area contributed by atoms with Gasteiger partial charge < -0.3 is 5.32 Å². The van der Waals surface area contributed by atoms with Crippen molar-refractivity contribution < 1.29 is 4.79 Å². The molecule has 0 saturated heterocycles. The van der Waals surface area contributed by atoms with Gasteiger partial charge in [-0.15, -0.1) is 0 Å². The van der Waals surface area contributed by atoms with Crippen molar-refractivity contribution >= 4 is 5.91 Å². The second-order valence-electron chi connectivity index (χ2n) is 6.20. The lowest BCUT2D eigenvalue weighted by molar-refractivity contribution is -0.122. The first-order valence-corrected chi connectivity index (χ1v) is 8.12. The van der Waals surface area contributed by atoms with Crippen LogP contribution in [0.2, 0.25) is 0 Å². The average Bonchev–Trinajstić information content (AvgIpc) is 3.12. The van der Waals surface area contributed by atoms with Gasteiger partial charge in [0, 0.05) is 12.5 Å². The lowest BCUT2D eigenvalue weighted by Gasteiger charge is -2.04. The van der Waals surface area contributed by atoms with E-state index in [1.165, 1.54) is 57.8 Å². The molecule has 2 nitrogen and oxygen atoms in total. The quantitative estimate of drug-likeness (QED) is 0.651. The molecular formula is C16H29NO. The maximum absolute atomic E-state index is 12.0.